The van der Waals surface area contributed by atoms with Gasteiger partial charge in [0, 0.05) is 38.4 Å². The van der Waals surface area contributed by atoms with Gasteiger partial charge in [-0.25, -0.2) is 9.78 Å². The number of aromatic carboxylic acids is 1. The van der Waals surface area contributed by atoms with Crippen molar-refractivity contribution in [3.63, 3.8) is 0 Å². The summed E-state index contributed by atoms with van der Waals surface area (Å²) in [5, 5.41) is 13.2. The Morgan fingerprint density at radius 3 is 2.71 bits per heavy atom. The number of ether oxygens (including phenoxy) is 1. The van der Waals surface area contributed by atoms with Gasteiger partial charge < -0.3 is 29.6 Å². The molecule has 0 atom stereocenters. The fourth-order valence-corrected chi connectivity index (χ4v) is 4.15. The van der Waals surface area contributed by atoms with Gasteiger partial charge >= 0.3 is 5.97 Å². The molecule has 9 nitrogen and oxygen atoms in total. The van der Waals surface area contributed by atoms with Crippen molar-refractivity contribution in [2.45, 2.75) is 18.9 Å². The summed E-state index contributed by atoms with van der Waals surface area (Å²) in [5.74, 6) is -0.635. The Hall–Kier alpha value is -3.07. The smallest absolute Gasteiger partial charge is 0.341 e. The van der Waals surface area contributed by atoms with Crippen LogP contribution in [0.1, 0.15) is 29.2 Å². The van der Waals surface area contributed by atoms with E-state index in [0.29, 0.717) is 27.7 Å². The van der Waals surface area contributed by atoms with Crippen LogP contribution in [-0.4, -0.2) is 58.9 Å². The standard InChI is InChI=1S/C19H21N5O4/c1-28-18-15-12(17(25)11(19(26)27)8-24(15)10-2-3-10)13-14(22-9-21-13)16(18)23-6-4-20-5-7-23/h8-10,20H,2-7H2,1H3,(H,21,22)(H,26,27). The molecule has 2 fully saturated rings. The van der Waals surface area contributed by atoms with E-state index in [0.717, 1.165) is 44.7 Å². The van der Waals surface area contributed by atoms with Crippen molar-refractivity contribution in [2.24, 2.45) is 0 Å². The quantitative estimate of drug-likeness (QED) is 0.623. The Balaban J connectivity index is 1.96. The Morgan fingerprint density at radius 1 is 1.32 bits per heavy atom. The highest BCUT2D eigenvalue weighted by Crippen LogP contribution is 2.45. The first-order valence-corrected chi connectivity index (χ1v) is 9.42. The van der Waals surface area contributed by atoms with Crippen molar-refractivity contribution in [2.75, 3.05) is 38.2 Å². The molecule has 146 valence electrons. The van der Waals surface area contributed by atoms with Crippen molar-refractivity contribution >= 4 is 33.6 Å². The van der Waals surface area contributed by atoms with Crippen molar-refractivity contribution in [3.05, 3.63) is 28.3 Å². The summed E-state index contributed by atoms with van der Waals surface area (Å²) in [5.41, 5.74) is 1.94. The van der Waals surface area contributed by atoms with Gasteiger partial charge in [0.05, 0.1) is 29.9 Å². The summed E-state index contributed by atoms with van der Waals surface area (Å²) in [7, 11) is 1.59. The number of nitrogens with one attached hydrogen (secondary N) is 2. The largest absolute Gasteiger partial charge is 0.492 e. The summed E-state index contributed by atoms with van der Waals surface area (Å²) in [6, 6.07) is 0.169. The molecule has 28 heavy (non-hydrogen) atoms. The van der Waals surface area contributed by atoms with Crippen molar-refractivity contribution in [1.82, 2.24) is 19.9 Å². The van der Waals surface area contributed by atoms with Gasteiger partial charge in [0.2, 0.25) is 5.43 Å². The molecule has 3 N–H and O–H groups in total. The summed E-state index contributed by atoms with van der Waals surface area (Å²) >= 11 is 0. The van der Waals surface area contributed by atoms with Crippen LogP contribution < -0.4 is 20.4 Å². The number of H-pyrrole nitrogens is 1. The SMILES string of the molecule is COc1c(N2CCNCC2)c2[nH]cnc2c2c(=O)c(C(=O)O)cn(C3CC3)c12. The zero-order chi connectivity index (χ0) is 19.4. The second-order valence-electron chi connectivity index (χ2n) is 7.28. The molecular formula is C19H21N5O4. The Kier molecular flexibility index (Phi) is 3.80. The molecule has 0 amide bonds. The first-order chi connectivity index (χ1) is 13.6. The number of carboxylic acids is 1. The van der Waals surface area contributed by atoms with E-state index < -0.39 is 11.4 Å². The number of fused-ring (bicyclic) bond motifs is 3. The number of anilines is 1. The van der Waals surface area contributed by atoms with E-state index in [-0.39, 0.29) is 11.6 Å². The third-order valence-corrected chi connectivity index (χ3v) is 5.59. The molecule has 0 bridgehead atoms. The van der Waals surface area contributed by atoms with E-state index in [4.69, 9.17) is 4.74 Å². The monoisotopic (exact) mass is 383 g/mol. The number of hydrogen-bond acceptors (Lipinski definition) is 6. The van der Waals surface area contributed by atoms with Gasteiger partial charge in [0.1, 0.15) is 16.8 Å². The second kappa shape index (κ2) is 6.23. The number of benzene rings is 1. The van der Waals surface area contributed by atoms with Crippen LogP contribution in [0.4, 0.5) is 5.69 Å². The van der Waals surface area contributed by atoms with Gasteiger partial charge in [-0.05, 0) is 12.8 Å². The maximum absolute atomic E-state index is 13.1. The molecule has 0 radical (unpaired) electrons. The highest BCUT2D eigenvalue weighted by atomic mass is 16.5. The molecule has 1 aliphatic heterocycles. The average Bonchev–Trinajstić information content (AvgIpc) is 3.43. The molecule has 2 aliphatic rings. The number of piperazine rings is 1. The molecule has 5 rings (SSSR count). The molecule has 1 aromatic carbocycles. The normalized spacial score (nSPS) is 17.4. The number of nitrogens with zero attached hydrogens (tertiary/aromatic N) is 3. The maximum Gasteiger partial charge on any atom is 0.341 e. The van der Waals surface area contributed by atoms with Crippen LogP contribution in [-0.2, 0) is 0 Å². The van der Waals surface area contributed by atoms with Gasteiger partial charge in [0.25, 0.3) is 0 Å². The summed E-state index contributed by atoms with van der Waals surface area (Å²) in [6.07, 6.45) is 4.90. The average molecular weight is 383 g/mol. The molecule has 1 saturated heterocycles. The van der Waals surface area contributed by atoms with Gasteiger partial charge in [-0.3, -0.25) is 4.79 Å². The molecule has 9 heteroatoms. The van der Waals surface area contributed by atoms with Gasteiger partial charge in [-0.15, -0.1) is 0 Å². The van der Waals surface area contributed by atoms with Crippen LogP contribution in [0.3, 0.4) is 0 Å². The van der Waals surface area contributed by atoms with Crippen molar-refractivity contribution in [3.8, 4) is 5.75 Å². The fraction of sp³-hybridized carbons (Fsp3) is 0.421. The molecule has 2 aromatic heterocycles. The summed E-state index contributed by atoms with van der Waals surface area (Å²) in [4.78, 5) is 34.6. The molecule has 3 heterocycles. The predicted molar refractivity (Wildman–Crippen MR) is 105 cm³/mol. The third-order valence-electron chi connectivity index (χ3n) is 5.59. The minimum absolute atomic E-state index is 0.169. The first-order valence-electron chi connectivity index (χ1n) is 9.42. The highest BCUT2D eigenvalue weighted by Gasteiger charge is 2.32. The van der Waals surface area contributed by atoms with Crippen LogP contribution in [0, 0.1) is 0 Å². The van der Waals surface area contributed by atoms with Gasteiger partial charge in [-0.2, -0.15) is 0 Å². The number of carbonyl (C=O) groups is 1. The molecule has 0 unspecified atom stereocenters. The van der Waals surface area contributed by atoms with E-state index in [1.54, 1.807) is 13.4 Å². The number of pyridine rings is 1. The fourth-order valence-electron chi connectivity index (χ4n) is 4.15. The molecule has 3 aromatic rings. The lowest BCUT2D eigenvalue weighted by Gasteiger charge is -2.31. The van der Waals surface area contributed by atoms with Crippen LogP contribution in [0.15, 0.2) is 17.3 Å². The molecule has 0 spiro atoms. The van der Waals surface area contributed by atoms with Gasteiger partial charge in [-0.1, -0.05) is 0 Å². The topological polar surface area (TPSA) is 112 Å². The lowest BCUT2D eigenvalue weighted by atomic mass is 10.1. The highest BCUT2D eigenvalue weighted by molar-refractivity contribution is 6.14. The van der Waals surface area contributed by atoms with Crippen LogP contribution >= 0.6 is 0 Å². The number of rotatable bonds is 4. The molecule has 1 aliphatic carbocycles. The Morgan fingerprint density at radius 2 is 2.07 bits per heavy atom. The van der Waals surface area contributed by atoms with Crippen LogP contribution in [0.25, 0.3) is 21.9 Å². The van der Waals surface area contributed by atoms with E-state index in [9.17, 15) is 14.7 Å². The lowest BCUT2D eigenvalue weighted by Crippen LogP contribution is -2.43. The van der Waals surface area contributed by atoms with Crippen molar-refractivity contribution < 1.29 is 14.6 Å². The molecular weight excluding hydrogens is 362 g/mol. The lowest BCUT2D eigenvalue weighted by molar-refractivity contribution is 0.0695. The maximum atomic E-state index is 13.1. The van der Waals surface area contributed by atoms with Crippen LogP contribution in [0.2, 0.25) is 0 Å². The zero-order valence-electron chi connectivity index (χ0n) is 15.5. The van der Waals surface area contributed by atoms with Gasteiger partial charge in [0.15, 0.2) is 5.75 Å². The number of methoxy groups -OCH3 is 1. The predicted octanol–water partition coefficient (Wildman–Crippen LogP) is 1.33. The second-order valence-corrected chi connectivity index (χ2v) is 7.28. The Labute approximate surface area is 159 Å². The number of imidazole rings is 1. The third kappa shape index (κ3) is 2.39. The Bertz CT molecular complexity index is 1150. The van der Waals surface area contributed by atoms with Crippen LogP contribution in [0.5, 0.6) is 5.75 Å². The van der Waals surface area contributed by atoms with E-state index in [1.165, 1.54) is 6.20 Å². The summed E-state index contributed by atoms with van der Waals surface area (Å²) < 4.78 is 7.75. The summed E-state index contributed by atoms with van der Waals surface area (Å²) in [6.45, 7) is 3.31. The zero-order valence-corrected chi connectivity index (χ0v) is 15.5. The first kappa shape index (κ1) is 17.1. The van der Waals surface area contributed by atoms with E-state index in [1.807, 2.05) is 4.57 Å². The minimum Gasteiger partial charge on any atom is -0.492 e. The van der Waals surface area contributed by atoms with E-state index >= 15 is 0 Å². The minimum atomic E-state index is -1.23. The van der Waals surface area contributed by atoms with E-state index in [2.05, 4.69) is 20.2 Å². The number of aromatic amines is 1. The number of aromatic nitrogens is 3. The van der Waals surface area contributed by atoms with Crippen molar-refractivity contribution in [1.29, 1.82) is 0 Å². The number of carboxylic acid groups (broad SMARTS) is 1. The molecule has 1 saturated carbocycles. The number of hydrogen-bond donors (Lipinski definition) is 3.